The Hall–Kier alpha value is -2.56. The highest BCUT2D eigenvalue weighted by molar-refractivity contribution is 5.72. The van der Waals surface area contributed by atoms with Crippen LogP contribution in [0.3, 0.4) is 0 Å². The average molecular weight is 437 g/mol. The van der Waals surface area contributed by atoms with E-state index in [1.807, 2.05) is 18.2 Å². The van der Waals surface area contributed by atoms with Gasteiger partial charge in [0, 0.05) is 19.8 Å². The Kier molecular flexibility index (Phi) is 8.95. The smallest absolute Gasteiger partial charge is 0.188 e. The van der Waals surface area contributed by atoms with Crippen molar-refractivity contribution in [3.63, 3.8) is 0 Å². The van der Waals surface area contributed by atoms with Gasteiger partial charge in [-0.1, -0.05) is 68.0 Å². The molecule has 3 atom stereocenters. The molecule has 3 rings (SSSR count). The first kappa shape index (κ1) is 24.1. The van der Waals surface area contributed by atoms with Crippen molar-refractivity contribution in [2.75, 3.05) is 27.8 Å². The largest absolute Gasteiger partial charge is 0.467 e. The lowest BCUT2D eigenvalue weighted by Gasteiger charge is -2.37. The maximum absolute atomic E-state index is 6.11. The Balaban J connectivity index is 2.07. The highest BCUT2D eigenvalue weighted by Gasteiger charge is 2.34. The van der Waals surface area contributed by atoms with Crippen molar-refractivity contribution < 1.29 is 18.9 Å². The van der Waals surface area contributed by atoms with E-state index in [0.717, 1.165) is 41.0 Å². The molecule has 0 amide bonds. The monoisotopic (exact) mass is 436 g/mol. The predicted molar refractivity (Wildman–Crippen MR) is 131 cm³/mol. The van der Waals surface area contributed by atoms with Crippen molar-refractivity contribution in [3.8, 4) is 11.5 Å². The van der Waals surface area contributed by atoms with E-state index in [1.54, 1.807) is 14.2 Å². The van der Waals surface area contributed by atoms with Crippen LogP contribution < -0.4 is 9.47 Å². The van der Waals surface area contributed by atoms with Crippen LogP contribution in [0.5, 0.6) is 11.5 Å². The van der Waals surface area contributed by atoms with E-state index < -0.39 is 0 Å². The molecule has 32 heavy (non-hydrogen) atoms. The van der Waals surface area contributed by atoms with Crippen molar-refractivity contribution in [3.05, 3.63) is 71.3 Å². The quantitative estimate of drug-likeness (QED) is 0.230. The van der Waals surface area contributed by atoms with Gasteiger partial charge in [-0.2, -0.15) is 0 Å². The number of hydrogen-bond acceptors (Lipinski definition) is 4. The number of methoxy groups -OCH3 is 2. The minimum Gasteiger partial charge on any atom is -0.467 e. The maximum Gasteiger partial charge on any atom is 0.188 e. The second-order valence-electron chi connectivity index (χ2n) is 8.75. The second-order valence-corrected chi connectivity index (χ2v) is 8.75. The number of benzene rings is 2. The fourth-order valence-corrected chi connectivity index (χ4v) is 4.61. The van der Waals surface area contributed by atoms with Crippen LogP contribution in [0.1, 0.15) is 55.7 Å². The molecule has 4 heteroatoms. The zero-order chi connectivity index (χ0) is 22.9. The summed E-state index contributed by atoms with van der Waals surface area (Å²) in [6.07, 6.45) is 7.59. The Morgan fingerprint density at radius 1 is 0.938 bits per heavy atom. The zero-order valence-corrected chi connectivity index (χ0v) is 19.8. The third-order valence-electron chi connectivity index (χ3n) is 6.18. The molecule has 0 heterocycles. The van der Waals surface area contributed by atoms with Crippen molar-refractivity contribution in [1.82, 2.24) is 0 Å². The summed E-state index contributed by atoms with van der Waals surface area (Å²) in [5, 5.41) is 0. The van der Waals surface area contributed by atoms with E-state index in [-0.39, 0.29) is 19.5 Å². The summed E-state index contributed by atoms with van der Waals surface area (Å²) >= 11 is 0. The molecule has 2 aromatic rings. The van der Waals surface area contributed by atoms with Crippen LogP contribution in [0.15, 0.2) is 54.6 Å². The first-order valence-corrected chi connectivity index (χ1v) is 11.3. The maximum atomic E-state index is 6.11. The minimum absolute atomic E-state index is 0.183. The van der Waals surface area contributed by atoms with Crippen molar-refractivity contribution in [2.45, 2.75) is 39.0 Å². The van der Waals surface area contributed by atoms with Gasteiger partial charge in [-0.15, -0.1) is 0 Å². The minimum atomic E-state index is 0.183. The lowest BCUT2D eigenvalue weighted by atomic mass is 9.69. The first-order valence-electron chi connectivity index (χ1n) is 11.3. The lowest BCUT2D eigenvalue weighted by molar-refractivity contribution is 0.0431. The van der Waals surface area contributed by atoms with Gasteiger partial charge in [-0.05, 0) is 60.8 Å². The van der Waals surface area contributed by atoms with E-state index in [9.17, 15) is 0 Å². The van der Waals surface area contributed by atoms with E-state index in [0.29, 0.717) is 11.8 Å². The molecule has 0 spiro atoms. The third kappa shape index (κ3) is 6.24. The first-order chi connectivity index (χ1) is 15.5. The molecule has 0 radical (unpaired) electrons. The van der Waals surface area contributed by atoms with Gasteiger partial charge in [0.05, 0.1) is 0 Å². The van der Waals surface area contributed by atoms with Crippen LogP contribution >= 0.6 is 0 Å². The normalized spacial score (nSPS) is 20.9. The van der Waals surface area contributed by atoms with Crippen LogP contribution in [0, 0.1) is 11.8 Å². The third-order valence-corrected chi connectivity index (χ3v) is 6.18. The average Bonchev–Trinajstić information content (AvgIpc) is 2.80. The summed E-state index contributed by atoms with van der Waals surface area (Å²) in [5.74, 6) is 2.92. The lowest BCUT2D eigenvalue weighted by Crippen LogP contribution is -2.24. The number of hydrogen-bond donors (Lipinski definition) is 0. The van der Waals surface area contributed by atoms with Crippen LogP contribution in [-0.2, 0) is 9.47 Å². The molecule has 0 bridgehead atoms. The molecule has 0 unspecified atom stereocenters. The van der Waals surface area contributed by atoms with Crippen LogP contribution in [0.2, 0.25) is 0 Å². The van der Waals surface area contributed by atoms with Gasteiger partial charge in [0.15, 0.2) is 13.6 Å². The highest BCUT2D eigenvalue weighted by atomic mass is 16.7. The molecule has 1 saturated carbocycles. The van der Waals surface area contributed by atoms with Crippen LogP contribution in [-0.4, -0.2) is 27.8 Å². The zero-order valence-electron chi connectivity index (χ0n) is 19.8. The molecule has 0 N–H and O–H groups in total. The van der Waals surface area contributed by atoms with Gasteiger partial charge in [-0.3, -0.25) is 0 Å². The van der Waals surface area contributed by atoms with Gasteiger partial charge < -0.3 is 18.9 Å². The summed E-state index contributed by atoms with van der Waals surface area (Å²) in [7, 11) is 3.28. The second kappa shape index (κ2) is 11.9. The fourth-order valence-electron chi connectivity index (χ4n) is 4.61. The Morgan fingerprint density at radius 3 is 2.09 bits per heavy atom. The molecule has 0 aromatic heterocycles. The molecule has 0 saturated heterocycles. The Bertz CT molecular complexity index is 874. The number of ether oxygens (including phenoxy) is 4. The molecular weight excluding hydrogens is 400 g/mol. The van der Waals surface area contributed by atoms with Gasteiger partial charge in [0.1, 0.15) is 11.5 Å². The summed E-state index contributed by atoms with van der Waals surface area (Å²) < 4.78 is 22.7. The van der Waals surface area contributed by atoms with Gasteiger partial charge in [-0.25, -0.2) is 0 Å². The van der Waals surface area contributed by atoms with Crippen molar-refractivity contribution in [1.29, 1.82) is 0 Å². The molecule has 172 valence electrons. The van der Waals surface area contributed by atoms with Crippen molar-refractivity contribution in [2.24, 2.45) is 11.8 Å². The number of allylic oxidation sites excluding steroid dienone is 1. The number of rotatable bonds is 10. The Morgan fingerprint density at radius 2 is 1.53 bits per heavy atom. The SMILES string of the molecule is C=C(C)[C@H]1CC[C@H](C)C[C@@H]1c1c(OCOC)cc(/C=C/c2ccccc2)cc1OCOC. The van der Waals surface area contributed by atoms with Gasteiger partial charge in [0.2, 0.25) is 0 Å². The fraction of sp³-hybridized carbons (Fsp3) is 0.429. The molecular formula is C28H36O4. The van der Waals surface area contributed by atoms with E-state index >= 15 is 0 Å². The summed E-state index contributed by atoms with van der Waals surface area (Å²) in [6.45, 7) is 9.13. The Labute approximate surface area is 192 Å². The molecule has 0 aliphatic heterocycles. The van der Waals surface area contributed by atoms with Gasteiger partial charge >= 0.3 is 0 Å². The van der Waals surface area contributed by atoms with E-state index in [2.05, 4.69) is 56.8 Å². The molecule has 2 aromatic carbocycles. The van der Waals surface area contributed by atoms with E-state index in [4.69, 9.17) is 18.9 Å². The topological polar surface area (TPSA) is 36.9 Å². The highest BCUT2D eigenvalue weighted by Crippen LogP contribution is 2.50. The molecule has 1 aliphatic rings. The summed E-state index contributed by atoms with van der Waals surface area (Å²) in [6, 6.07) is 14.4. The van der Waals surface area contributed by atoms with E-state index in [1.165, 1.54) is 12.0 Å². The van der Waals surface area contributed by atoms with Crippen LogP contribution in [0.25, 0.3) is 12.2 Å². The van der Waals surface area contributed by atoms with Crippen LogP contribution in [0.4, 0.5) is 0 Å². The van der Waals surface area contributed by atoms with Gasteiger partial charge in [0.25, 0.3) is 0 Å². The molecule has 1 fully saturated rings. The van der Waals surface area contributed by atoms with Crippen molar-refractivity contribution >= 4 is 12.2 Å². The summed E-state index contributed by atoms with van der Waals surface area (Å²) in [5.41, 5.74) is 4.45. The molecule has 4 nitrogen and oxygen atoms in total. The summed E-state index contributed by atoms with van der Waals surface area (Å²) in [4.78, 5) is 0. The predicted octanol–water partition coefficient (Wildman–Crippen LogP) is 6.92. The molecule has 1 aliphatic carbocycles. The standard InChI is InChI=1S/C28H36O4/c1-20(2)24-14-11-21(3)15-25(24)28-26(31-18-29-4)16-23(17-27(28)32-19-30-5)13-12-22-9-7-6-8-10-22/h6-10,12-13,16-17,21,24-25H,1,11,14-15,18-19H2,2-5H3/b13-12+/t21-,24+,25-/m0/s1.